The SMILES string of the molecule is CC(C)(S)CO.c1ccc(-c2ncoc2-c2ccccc2)cc1. The lowest BCUT2D eigenvalue weighted by Gasteiger charge is -2.10. The quantitative estimate of drug-likeness (QED) is 0.686. The van der Waals surface area contributed by atoms with Gasteiger partial charge in [-0.25, -0.2) is 4.98 Å². The summed E-state index contributed by atoms with van der Waals surface area (Å²) in [6.07, 6.45) is 1.49. The van der Waals surface area contributed by atoms with Gasteiger partial charge in [-0.3, -0.25) is 0 Å². The third kappa shape index (κ3) is 5.27. The minimum atomic E-state index is -0.208. The number of thiol groups is 1. The number of aromatic nitrogens is 1. The highest BCUT2D eigenvalue weighted by molar-refractivity contribution is 7.81. The van der Waals surface area contributed by atoms with Gasteiger partial charge < -0.3 is 9.52 Å². The van der Waals surface area contributed by atoms with E-state index in [1.54, 1.807) is 0 Å². The molecule has 0 fully saturated rings. The maximum absolute atomic E-state index is 8.33. The summed E-state index contributed by atoms with van der Waals surface area (Å²) >= 11 is 4.00. The molecule has 3 aromatic rings. The summed E-state index contributed by atoms with van der Waals surface area (Å²) in [4.78, 5) is 4.30. The molecule has 0 saturated carbocycles. The first-order valence-corrected chi connectivity index (χ1v) is 7.83. The molecule has 0 aliphatic rings. The Morgan fingerprint density at radius 2 is 1.43 bits per heavy atom. The van der Waals surface area contributed by atoms with E-state index >= 15 is 0 Å². The number of nitrogens with zero attached hydrogens (tertiary/aromatic N) is 1. The van der Waals surface area contributed by atoms with E-state index in [9.17, 15) is 0 Å². The predicted octanol–water partition coefficient (Wildman–Crippen LogP) is 4.70. The molecule has 0 amide bonds. The first-order valence-electron chi connectivity index (χ1n) is 7.39. The monoisotopic (exact) mass is 327 g/mol. The highest BCUT2D eigenvalue weighted by atomic mass is 32.1. The Morgan fingerprint density at radius 3 is 1.91 bits per heavy atom. The zero-order valence-electron chi connectivity index (χ0n) is 13.3. The minimum Gasteiger partial charge on any atom is -0.443 e. The van der Waals surface area contributed by atoms with Crippen molar-refractivity contribution in [1.29, 1.82) is 0 Å². The zero-order valence-corrected chi connectivity index (χ0v) is 14.2. The summed E-state index contributed by atoms with van der Waals surface area (Å²) in [5, 5.41) is 8.33. The average molecular weight is 327 g/mol. The van der Waals surface area contributed by atoms with Crippen LogP contribution in [0.5, 0.6) is 0 Å². The van der Waals surface area contributed by atoms with Crippen molar-refractivity contribution in [2.24, 2.45) is 0 Å². The van der Waals surface area contributed by atoms with E-state index < -0.39 is 0 Å². The van der Waals surface area contributed by atoms with Crippen molar-refractivity contribution in [3.63, 3.8) is 0 Å². The van der Waals surface area contributed by atoms with Gasteiger partial charge in [0.15, 0.2) is 12.2 Å². The number of aliphatic hydroxyl groups is 1. The van der Waals surface area contributed by atoms with Crippen LogP contribution >= 0.6 is 12.6 Å². The molecule has 3 nitrogen and oxygen atoms in total. The second-order valence-electron chi connectivity index (χ2n) is 5.73. The highest BCUT2D eigenvalue weighted by Gasteiger charge is 2.11. The van der Waals surface area contributed by atoms with Crippen molar-refractivity contribution in [1.82, 2.24) is 4.98 Å². The largest absolute Gasteiger partial charge is 0.443 e. The lowest BCUT2D eigenvalue weighted by molar-refractivity contribution is 0.266. The van der Waals surface area contributed by atoms with Gasteiger partial charge in [0.05, 0.1) is 6.61 Å². The molecule has 0 bridgehead atoms. The maximum atomic E-state index is 8.33. The van der Waals surface area contributed by atoms with Gasteiger partial charge in [-0.1, -0.05) is 60.7 Å². The number of oxazole rings is 1. The summed E-state index contributed by atoms with van der Waals surface area (Å²) in [5.41, 5.74) is 3.00. The summed E-state index contributed by atoms with van der Waals surface area (Å²) in [5.74, 6) is 0.816. The standard InChI is InChI=1S/C15H11NO.C4H10OS/c1-3-7-12(8-4-1)14-15(17-11-16-14)13-9-5-2-6-10-13;1-4(2,6)3-5/h1-11H;5-6H,3H2,1-2H3. The molecule has 0 aliphatic heterocycles. The molecule has 120 valence electrons. The number of hydrogen-bond donors (Lipinski definition) is 2. The fourth-order valence-corrected chi connectivity index (χ4v) is 1.84. The Bertz CT molecular complexity index is 649. The van der Waals surface area contributed by atoms with Crippen LogP contribution in [0.15, 0.2) is 71.5 Å². The molecule has 4 heteroatoms. The van der Waals surface area contributed by atoms with Crippen LogP contribution in [-0.2, 0) is 0 Å². The van der Waals surface area contributed by atoms with Crippen molar-refractivity contribution in [3.05, 3.63) is 67.1 Å². The van der Waals surface area contributed by atoms with Crippen molar-refractivity contribution < 1.29 is 9.52 Å². The normalized spacial score (nSPS) is 10.8. The second-order valence-corrected chi connectivity index (χ2v) is 6.94. The molecule has 2 aromatic carbocycles. The molecule has 0 saturated heterocycles. The topological polar surface area (TPSA) is 46.3 Å². The average Bonchev–Trinajstić information content (AvgIpc) is 3.06. The van der Waals surface area contributed by atoms with Crippen LogP contribution in [0, 0.1) is 0 Å². The number of aliphatic hydroxyl groups excluding tert-OH is 1. The van der Waals surface area contributed by atoms with Crippen molar-refractivity contribution in [2.45, 2.75) is 18.6 Å². The fourth-order valence-electron chi connectivity index (χ4n) is 1.84. The Balaban J connectivity index is 0.000000277. The van der Waals surface area contributed by atoms with Crippen LogP contribution in [-0.4, -0.2) is 21.4 Å². The maximum Gasteiger partial charge on any atom is 0.182 e. The minimum absolute atomic E-state index is 0.135. The van der Waals surface area contributed by atoms with Crippen molar-refractivity contribution in [3.8, 4) is 22.6 Å². The third-order valence-corrected chi connectivity index (χ3v) is 3.18. The van der Waals surface area contributed by atoms with Gasteiger partial charge in [-0.15, -0.1) is 0 Å². The van der Waals surface area contributed by atoms with E-state index in [4.69, 9.17) is 9.52 Å². The molecule has 0 spiro atoms. The van der Waals surface area contributed by atoms with E-state index in [0.29, 0.717) is 0 Å². The highest BCUT2D eigenvalue weighted by Crippen LogP contribution is 2.30. The number of benzene rings is 2. The van der Waals surface area contributed by atoms with Crippen LogP contribution in [0.4, 0.5) is 0 Å². The lowest BCUT2D eigenvalue weighted by Crippen LogP contribution is -2.15. The summed E-state index contributed by atoms with van der Waals surface area (Å²) in [6, 6.07) is 20.1. The van der Waals surface area contributed by atoms with Crippen LogP contribution in [0.1, 0.15) is 13.8 Å². The second kappa shape index (κ2) is 7.99. The van der Waals surface area contributed by atoms with Crippen LogP contribution in [0.3, 0.4) is 0 Å². The summed E-state index contributed by atoms with van der Waals surface area (Å²) in [6.45, 7) is 3.85. The van der Waals surface area contributed by atoms with E-state index in [-0.39, 0.29) is 11.4 Å². The fraction of sp³-hybridized carbons (Fsp3) is 0.211. The van der Waals surface area contributed by atoms with Gasteiger partial charge in [-0.2, -0.15) is 12.6 Å². The van der Waals surface area contributed by atoms with Gasteiger partial charge in [0.25, 0.3) is 0 Å². The predicted molar refractivity (Wildman–Crippen MR) is 97.5 cm³/mol. The molecule has 3 rings (SSSR count). The van der Waals surface area contributed by atoms with Gasteiger partial charge in [-0.05, 0) is 13.8 Å². The van der Waals surface area contributed by atoms with Gasteiger partial charge in [0.2, 0.25) is 0 Å². The lowest BCUT2D eigenvalue weighted by atomic mass is 10.1. The molecule has 23 heavy (non-hydrogen) atoms. The molecular formula is C19H21NO2S. The molecular weight excluding hydrogens is 306 g/mol. The number of hydrogen-bond acceptors (Lipinski definition) is 4. The van der Waals surface area contributed by atoms with Gasteiger partial charge in [0, 0.05) is 15.9 Å². The number of rotatable bonds is 3. The molecule has 0 radical (unpaired) electrons. The Labute approximate surface area is 142 Å². The first kappa shape index (κ1) is 17.3. The smallest absolute Gasteiger partial charge is 0.182 e. The van der Waals surface area contributed by atoms with E-state index in [0.717, 1.165) is 22.6 Å². The molecule has 0 unspecified atom stereocenters. The summed E-state index contributed by atoms with van der Waals surface area (Å²) in [7, 11) is 0. The van der Waals surface area contributed by atoms with E-state index in [1.807, 2.05) is 74.5 Å². The van der Waals surface area contributed by atoms with Gasteiger partial charge >= 0.3 is 0 Å². The molecule has 1 N–H and O–H groups in total. The van der Waals surface area contributed by atoms with Crippen molar-refractivity contribution in [2.75, 3.05) is 6.61 Å². The van der Waals surface area contributed by atoms with Crippen LogP contribution in [0.25, 0.3) is 22.6 Å². The Morgan fingerprint density at radius 1 is 0.957 bits per heavy atom. The van der Waals surface area contributed by atoms with Crippen LogP contribution < -0.4 is 0 Å². The zero-order chi connectivity index (χ0) is 16.7. The third-order valence-electron chi connectivity index (χ3n) is 3.04. The van der Waals surface area contributed by atoms with E-state index in [1.165, 1.54) is 6.39 Å². The first-order chi connectivity index (χ1) is 11.0. The molecule has 1 heterocycles. The molecule has 0 atom stereocenters. The summed E-state index contributed by atoms with van der Waals surface area (Å²) < 4.78 is 5.29. The Hall–Kier alpha value is -2.04. The molecule has 0 aliphatic carbocycles. The van der Waals surface area contributed by atoms with Crippen molar-refractivity contribution >= 4 is 12.6 Å². The molecule has 1 aromatic heterocycles. The van der Waals surface area contributed by atoms with E-state index in [2.05, 4.69) is 17.6 Å². The van der Waals surface area contributed by atoms with Gasteiger partial charge in [0.1, 0.15) is 5.69 Å². The Kier molecular flexibility index (Phi) is 6.02. The van der Waals surface area contributed by atoms with Crippen LogP contribution in [0.2, 0.25) is 0 Å².